The van der Waals surface area contributed by atoms with Crippen LogP contribution < -0.4 is 5.11 Å². The Labute approximate surface area is 347 Å². The van der Waals surface area contributed by atoms with Gasteiger partial charge in [-0.3, -0.25) is 9.59 Å². The lowest BCUT2D eigenvalue weighted by Gasteiger charge is -2.26. The van der Waals surface area contributed by atoms with Crippen LogP contribution in [0.5, 0.6) is 0 Å². The first-order chi connectivity index (χ1) is 27.6. The quantitative estimate of drug-likeness (QED) is 0.0199. The number of aliphatic carboxylic acids is 1. The van der Waals surface area contributed by atoms with Crippen molar-refractivity contribution in [3.05, 3.63) is 72.9 Å². The number of hydrogen-bond donors (Lipinski definition) is 0. The molecule has 9 nitrogen and oxygen atoms in total. The Balaban J connectivity index is 4.50. The maximum Gasteiger partial charge on any atom is 0.306 e. The van der Waals surface area contributed by atoms with E-state index in [1.54, 1.807) is 0 Å². The van der Waals surface area contributed by atoms with Crippen LogP contribution in [0.15, 0.2) is 72.9 Å². The van der Waals surface area contributed by atoms with E-state index in [9.17, 15) is 19.5 Å². The first-order valence-corrected chi connectivity index (χ1v) is 22.1. The van der Waals surface area contributed by atoms with Gasteiger partial charge >= 0.3 is 11.9 Å². The average molecular weight is 800 g/mol. The van der Waals surface area contributed by atoms with E-state index in [4.69, 9.17) is 18.9 Å². The Morgan fingerprint density at radius 1 is 0.544 bits per heavy atom. The van der Waals surface area contributed by atoms with Gasteiger partial charge in [-0.25, -0.2) is 0 Å². The van der Waals surface area contributed by atoms with E-state index < -0.39 is 24.3 Å². The van der Waals surface area contributed by atoms with Crippen LogP contribution >= 0.6 is 0 Å². The first-order valence-electron chi connectivity index (χ1n) is 22.1. The molecule has 0 amide bonds. The fraction of sp³-hybridized carbons (Fsp3) is 0.688. The molecule has 0 spiro atoms. The summed E-state index contributed by atoms with van der Waals surface area (Å²) < 4.78 is 22.4. The Morgan fingerprint density at radius 3 is 1.56 bits per heavy atom. The number of allylic oxidation sites excluding steroid dienone is 12. The normalized spacial score (nSPS) is 13.6. The number of rotatable bonds is 39. The monoisotopic (exact) mass is 800 g/mol. The molecule has 2 atom stereocenters. The number of nitrogens with zero attached hydrogens (tertiary/aromatic N) is 1. The molecular formula is C48H81NO8. The third kappa shape index (κ3) is 40.7. The molecule has 0 saturated heterocycles. The van der Waals surface area contributed by atoms with Gasteiger partial charge in [0.15, 0.2) is 12.4 Å². The number of ether oxygens (including phenoxy) is 4. The summed E-state index contributed by atoms with van der Waals surface area (Å²) in [5.74, 6) is -2.41. The minimum atomic E-state index is -1.64. The molecule has 57 heavy (non-hydrogen) atoms. The smallest absolute Gasteiger partial charge is 0.306 e. The zero-order valence-electron chi connectivity index (χ0n) is 36.7. The van der Waals surface area contributed by atoms with Crippen molar-refractivity contribution in [2.75, 3.05) is 47.5 Å². The third-order valence-corrected chi connectivity index (χ3v) is 8.95. The Morgan fingerprint density at radius 2 is 1.04 bits per heavy atom. The molecule has 0 N–H and O–H groups in total. The molecule has 0 aliphatic heterocycles. The number of carbonyl (C=O) groups is 3. The van der Waals surface area contributed by atoms with Gasteiger partial charge in [-0.15, -0.1) is 0 Å². The summed E-state index contributed by atoms with van der Waals surface area (Å²) in [6.45, 7) is 4.48. The van der Waals surface area contributed by atoms with E-state index in [0.29, 0.717) is 17.4 Å². The highest BCUT2D eigenvalue weighted by atomic mass is 16.7. The predicted molar refractivity (Wildman–Crippen MR) is 232 cm³/mol. The summed E-state index contributed by atoms with van der Waals surface area (Å²) in [6, 6.07) is 0. The second-order valence-corrected chi connectivity index (χ2v) is 15.6. The van der Waals surface area contributed by atoms with E-state index in [-0.39, 0.29) is 38.6 Å². The fourth-order valence-electron chi connectivity index (χ4n) is 5.52. The van der Waals surface area contributed by atoms with Gasteiger partial charge in [-0.1, -0.05) is 145 Å². The first kappa shape index (κ1) is 53.7. The Kier molecular flexibility index (Phi) is 37.3. The highest BCUT2D eigenvalue weighted by Crippen LogP contribution is 2.13. The van der Waals surface area contributed by atoms with Crippen molar-refractivity contribution in [1.82, 2.24) is 0 Å². The van der Waals surface area contributed by atoms with Crippen LogP contribution in [0.4, 0.5) is 0 Å². The highest BCUT2D eigenvalue weighted by molar-refractivity contribution is 5.70. The molecule has 0 radical (unpaired) electrons. The van der Waals surface area contributed by atoms with Crippen molar-refractivity contribution in [1.29, 1.82) is 0 Å². The molecule has 0 aromatic heterocycles. The molecule has 0 rings (SSSR count). The standard InChI is InChI=1S/C48H81NO8/c1-6-8-10-12-14-16-18-20-21-22-23-24-25-27-28-30-32-34-36-38-45(50)55-42-44(43-56-48(47(52)53)54-41-40-49(3,4)5)57-46(51)39-37-35-33-31-29-26-19-17-15-13-11-9-7-2/h9,11,14-17,20-21,26,29,33,35,44,48H,6-8,10,12-13,18-19,22-25,27-28,30-32,34,36-43H2,1-5H3/b11-9-,16-14-,17-15-,21-20-,29-26-,35-33-. The lowest BCUT2D eigenvalue weighted by atomic mass is 10.1. The third-order valence-electron chi connectivity index (χ3n) is 8.95. The van der Waals surface area contributed by atoms with E-state index in [0.717, 1.165) is 64.2 Å². The lowest BCUT2D eigenvalue weighted by molar-refractivity contribution is -0.870. The number of likely N-dealkylation sites (N-methyl/N-ethyl adjacent to an activating group) is 1. The van der Waals surface area contributed by atoms with E-state index in [1.165, 1.54) is 57.8 Å². The van der Waals surface area contributed by atoms with Gasteiger partial charge < -0.3 is 33.3 Å². The molecule has 326 valence electrons. The number of esters is 2. The molecule has 0 aromatic rings. The predicted octanol–water partition coefficient (Wildman–Crippen LogP) is 10.2. The second-order valence-electron chi connectivity index (χ2n) is 15.6. The lowest BCUT2D eigenvalue weighted by Crippen LogP contribution is -2.44. The van der Waals surface area contributed by atoms with Gasteiger partial charge in [0, 0.05) is 12.8 Å². The SMILES string of the molecule is CC/C=C\C/C=C\C/C=C\C/C=C\CCC(=O)OC(COC(=O)CCCCCCCCCCC/C=C\C/C=C\CCCCC)COC(OCC[N+](C)(C)C)C(=O)[O-]. The van der Waals surface area contributed by atoms with Crippen molar-refractivity contribution in [2.24, 2.45) is 0 Å². The van der Waals surface area contributed by atoms with Crippen molar-refractivity contribution >= 4 is 17.9 Å². The maximum atomic E-state index is 12.7. The van der Waals surface area contributed by atoms with Gasteiger partial charge in [-0.05, 0) is 70.6 Å². The molecule has 0 saturated carbocycles. The number of quaternary nitrogens is 1. The summed E-state index contributed by atoms with van der Waals surface area (Å²) >= 11 is 0. The molecule has 0 heterocycles. The minimum Gasteiger partial charge on any atom is -0.545 e. The molecule has 2 unspecified atom stereocenters. The number of carbonyl (C=O) groups excluding carboxylic acids is 3. The van der Waals surface area contributed by atoms with E-state index in [2.05, 4.69) is 74.6 Å². The summed E-state index contributed by atoms with van der Waals surface area (Å²) in [6.07, 6.45) is 45.2. The molecule has 0 aliphatic carbocycles. The van der Waals surface area contributed by atoms with Crippen LogP contribution in [-0.2, 0) is 33.3 Å². The number of unbranched alkanes of at least 4 members (excludes halogenated alkanes) is 12. The van der Waals surface area contributed by atoms with E-state index >= 15 is 0 Å². The summed E-state index contributed by atoms with van der Waals surface area (Å²) in [4.78, 5) is 36.9. The molecule has 0 aromatic carbocycles. The Bertz CT molecular complexity index is 1160. The number of carboxylic acid groups (broad SMARTS) is 1. The topological polar surface area (TPSA) is 111 Å². The van der Waals surface area contributed by atoms with Gasteiger partial charge in [-0.2, -0.15) is 0 Å². The van der Waals surface area contributed by atoms with E-state index in [1.807, 2.05) is 33.3 Å². The van der Waals surface area contributed by atoms with Crippen molar-refractivity contribution < 1.29 is 42.9 Å². The van der Waals surface area contributed by atoms with Gasteiger partial charge in [0.1, 0.15) is 13.2 Å². The van der Waals surface area contributed by atoms with Gasteiger partial charge in [0.25, 0.3) is 0 Å². The van der Waals surface area contributed by atoms with Gasteiger partial charge in [0.2, 0.25) is 0 Å². The minimum absolute atomic E-state index is 0.122. The van der Waals surface area contributed by atoms with Gasteiger partial charge in [0.05, 0.1) is 40.3 Å². The molecule has 0 aliphatic rings. The summed E-state index contributed by atoms with van der Waals surface area (Å²) in [5, 5.41) is 11.7. The van der Waals surface area contributed by atoms with Crippen LogP contribution in [0.1, 0.15) is 155 Å². The molecule has 9 heteroatoms. The van der Waals surface area contributed by atoms with Crippen LogP contribution in [0.2, 0.25) is 0 Å². The Hall–Kier alpha value is -3.27. The molecular weight excluding hydrogens is 719 g/mol. The average Bonchev–Trinajstić information content (AvgIpc) is 3.17. The summed E-state index contributed by atoms with van der Waals surface area (Å²) in [5.41, 5.74) is 0. The van der Waals surface area contributed by atoms with Crippen LogP contribution in [-0.4, -0.2) is 82.3 Å². The van der Waals surface area contributed by atoms with Crippen molar-refractivity contribution in [2.45, 2.75) is 167 Å². The van der Waals surface area contributed by atoms with Crippen LogP contribution in [0, 0.1) is 0 Å². The maximum absolute atomic E-state index is 12.7. The zero-order chi connectivity index (χ0) is 42.1. The second kappa shape index (κ2) is 39.6. The number of hydrogen-bond acceptors (Lipinski definition) is 8. The van der Waals surface area contributed by atoms with Crippen molar-refractivity contribution in [3.8, 4) is 0 Å². The zero-order valence-corrected chi connectivity index (χ0v) is 36.7. The number of carboxylic acids is 1. The highest BCUT2D eigenvalue weighted by Gasteiger charge is 2.21. The van der Waals surface area contributed by atoms with Crippen LogP contribution in [0.3, 0.4) is 0 Å². The summed E-state index contributed by atoms with van der Waals surface area (Å²) in [7, 11) is 5.87. The molecule has 0 fully saturated rings. The van der Waals surface area contributed by atoms with Crippen molar-refractivity contribution in [3.63, 3.8) is 0 Å². The largest absolute Gasteiger partial charge is 0.545 e. The molecule has 0 bridgehead atoms. The fourth-order valence-corrected chi connectivity index (χ4v) is 5.52. The van der Waals surface area contributed by atoms with Crippen LogP contribution in [0.25, 0.3) is 0 Å².